The van der Waals surface area contributed by atoms with E-state index in [4.69, 9.17) is 16.7 Å². The quantitative estimate of drug-likeness (QED) is 0.528. The van der Waals surface area contributed by atoms with Gasteiger partial charge in [-0.05, 0) is 55.4 Å². The smallest absolute Gasteiger partial charge is 0.335 e. The number of rotatable bonds is 4. The van der Waals surface area contributed by atoms with Gasteiger partial charge in [-0.1, -0.05) is 24.3 Å². The van der Waals surface area contributed by atoms with Gasteiger partial charge < -0.3 is 10.1 Å². The molecule has 29 heavy (non-hydrogen) atoms. The first-order valence-electron chi connectivity index (χ1n) is 9.40. The molecule has 1 saturated carbocycles. The molecule has 152 valence electrons. The predicted molar refractivity (Wildman–Crippen MR) is 113 cm³/mol. The van der Waals surface area contributed by atoms with Crippen LogP contribution in [0, 0.1) is 0 Å². The van der Waals surface area contributed by atoms with Crippen molar-refractivity contribution < 1.29 is 18.3 Å². The van der Waals surface area contributed by atoms with Crippen molar-refractivity contribution >= 4 is 38.5 Å². The minimum absolute atomic E-state index is 0.0845. The van der Waals surface area contributed by atoms with E-state index >= 15 is 0 Å². The van der Waals surface area contributed by atoms with Crippen molar-refractivity contribution in [3.05, 3.63) is 53.6 Å². The van der Waals surface area contributed by atoms with E-state index in [2.05, 4.69) is 4.98 Å². The van der Waals surface area contributed by atoms with Gasteiger partial charge in [-0.3, -0.25) is 0 Å². The van der Waals surface area contributed by atoms with E-state index in [1.165, 1.54) is 12.1 Å². The van der Waals surface area contributed by atoms with Crippen LogP contribution in [0.15, 0.2) is 47.4 Å². The molecular formula is C21H21ClN2O4S. The first-order valence-corrected chi connectivity index (χ1v) is 11.4. The molecule has 0 radical (unpaired) electrons. The Morgan fingerprint density at radius 2 is 1.83 bits per heavy atom. The zero-order chi connectivity index (χ0) is 20.8. The Morgan fingerprint density at radius 1 is 1.10 bits per heavy atom. The number of carboxylic acids is 1. The number of aromatic amines is 1. The highest BCUT2D eigenvalue weighted by molar-refractivity contribution is 7.89. The Bertz CT molecular complexity index is 1190. The second-order valence-corrected chi connectivity index (χ2v) is 9.62. The highest BCUT2D eigenvalue weighted by atomic mass is 35.5. The maximum atomic E-state index is 12.6. The summed E-state index contributed by atoms with van der Waals surface area (Å²) in [6.07, 6.45) is 3.30. The molecule has 1 aromatic heterocycles. The second-order valence-electron chi connectivity index (χ2n) is 7.51. The van der Waals surface area contributed by atoms with Crippen molar-refractivity contribution in [1.29, 1.82) is 0 Å². The third kappa shape index (κ3) is 3.90. The molecule has 0 atom stereocenters. The van der Waals surface area contributed by atoms with Crippen LogP contribution in [-0.2, 0) is 10.0 Å². The molecule has 4 rings (SSSR count). The number of hydrogen-bond donors (Lipinski definition) is 3. The fraction of sp³-hybridized carbons (Fsp3) is 0.286. The van der Waals surface area contributed by atoms with E-state index in [9.17, 15) is 18.3 Å². The van der Waals surface area contributed by atoms with E-state index < -0.39 is 16.0 Å². The summed E-state index contributed by atoms with van der Waals surface area (Å²) in [5.41, 5.74) is 2.57. The van der Waals surface area contributed by atoms with E-state index in [0.29, 0.717) is 16.8 Å². The Morgan fingerprint density at radius 3 is 2.48 bits per heavy atom. The summed E-state index contributed by atoms with van der Waals surface area (Å²) >= 11 is 6.22. The van der Waals surface area contributed by atoms with Crippen molar-refractivity contribution in [3.8, 4) is 11.3 Å². The van der Waals surface area contributed by atoms with Crippen LogP contribution < -0.4 is 5.14 Å². The Hall–Kier alpha value is -2.35. The zero-order valence-corrected chi connectivity index (χ0v) is 17.1. The Labute approximate surface area is 173 Å². The minimum Gasteiger partial charge on any atom is -0.478 e. The number of sulfonamides is 1. The molecule has 0 saturated heterocycles. The molecule has 1 aliphatic carbocycles. The van der Waals surface area contributed by atoms with E-state index in [0.717, 1.165) is 36.6 Å². The van der Waals surface area contributed by atoms with Gasteiger partial charge in [0.2, 0.25) is 10.0 Å². The molecule has 3 aromatic rings. The van der Waals surface area contributed by atoms with Crippen molar-refractivity contribution in [2.45, 2.75) is 41.9 Å². The lowest BCUT2D eigenvalue weighted by atomic mass is 9.83. The normalized spacial score (nSPS) is 20.1. The van der Waals surface area contributed by atoms with E-state index in [1.54, 1.807) is 12.1 Å². The fourth-order valence-electron chi connectivity index (χ4n) is 4.17. The average Bonchev–Trinajstić information content (AvgIpc) is 3.10. The van der Waals surface area contributed by atoms with Crippen molar-refractivity contribution in [3.63, 3.8) is 0 Å². The summed E-state index contributed by atoms with van der Waals surface area (Å²) in [6.45, 7) is 0. The Balaban J connectivity index is 1.86. The number of nitrogens with two attached hydrogens (primary N) is 1. The van der Waals surface area contributed by atoms with Crippen molar-refractivity contribution in [1.82, 2.24) is 4.98 Å². The summed E-state index contributed by atoms with van der Waals surface area (Å²) in [6, 6.07) is 11.9. The largest absolute Gasteiger partial charge is 0.478 e. The van der Waals surface area contributed by atoms with Crippen LogP contribution in [0.3, 0.4) is 0 Å². The number of hydrogen-bond acceptors (Lipinski definition) is 3. The molecule has 0 spiro atoms. The number of aromatic nitrogens is 1. The van der Waals surface area contributed by atoms with E-state index in [1.807, 2.05) is 18.2 Å². The van der Waals surface area contributed by atoms with Gasteiger partial charge >= 0.3 is 5.97 Å². The number of carbonyl (C=O) groups is 1. The molecular weight excluding hydrogens is 412 g/mol. The van der Waals surface area contributed by atoms with Crippen molar-refractivity contribution in [2.24, 2.45) is 5.14 Å². The van der Waals surface area contributed by atoms with Gasteiger partial charge in [-0.15, -0.1) is 11.6 Å². The van der Waals surface area contributed by atoms with Crippen LogP contribution in [0.1, 0.15) is 47.5 Å². The molecule has 6 nitrogen and oxygen atoms in total. The first kappa shape index (κ1) is 19.9. The number of H-pyrrole nitrogens is 1. The van der Waals surface area contributed by atoms with Gasteiger partial charge in [-0.25, -0.2) is 18.4 Å². The molecule has 0 amide bonds. The molecule has 8 heteroatoms. The van der Waals surface area contributed by atoms with Crippen LogP contribution in [-0.4, -0.2) is 29.9 Å². The standard InChI is InChI=1S/C21H21ClN2O4S/c22-15-8-6-12(7-9-15)16-2-1-3-17(20(16)29(23,27)28)19-10-13-4-5-14(21(25)26)11-18(13)24-19/h1-5,10-12,15,24H,6-9H2,(H,25,26)(H2,23,27,28). The third-order valence-electron chi connectivity index (χ3n) is 5.59. The van der Waals surface area contributed by atoms with Crippen molar-refractivity contribution in [2.75, 3.05) is 0 Å². The van der Waals surface area contributed by atoms with Gasteiger partial charge in [0.25, 0.3) is 0 Å². The molecule has 1 heterocycles. The van der Waals surface area contributed by atoms with Crippen LogP contribution in [0.25, 0.3) is 22.2 Å². The van der Waals surface area contributed by atoms with Gasteiger partial charge in [0.1, 0.15) is 0 Å². The second kappa shape index (κ2) is 7.48. The average molecular weight is 433 g/mol. The number of halogens is 1. The van der Waals surface area contributed by atoms with Crippen LogP contribution in [0.4, 0.5) is 0 Å². The summed E-state index contributed by atoms with van der Waals surface area (Å²) in [7, 11) is -3.98. The van der Waals surface area contributed by atoms with Gasteiger partial charge in [0, 0.05) is 27.5 Å². The Kier molecular flexibility index (Phi) is 5.14. The molecule has 1 aliphatic rings. The number of carboxylic acid groups (broad SMARTS) is 1. The number of aromatic carboxylic acids is 1. The molecule has 2 aromatic carbocycles. The van der Waals surface area contributed by atoms with Crippen LogP contribution in [0.2, 0.25) is 0 Å². The topological polar surface area (TPSA) is 113 Å². The molecule has 1 fully saturated rings. The molecule has 4 N–H and O–H groups in total. The lowest BCUT2D eigenvalue weighted by molar-refractivity contribution is 0.0697. The minimum atomic E-state index is -3.98. The predicted octanol–water partition coefficient (Wildman–Crippen LogP) is 4.45. The zero-order valence-electron chi connectivity index (χ0n) is 15.6. The lowest BCUT2D eigenvalue weighted by Crippen LogP contribution is -2.20. The maximum Gasteiger partial charge on any atom is 0.335 e. The molecule has 0 unspecified atom stereocenters. The maximum absolute atomic E-state index is 12.6. The fourth-order valence-corrected chi connectivity index (χ4v) is 5.47. The van der Waals surface area contributed by atoms with Gasteiger partial charge in [0.15, 0.2) is 0 Å². The monoisotopic (exact) mass is 432 g/mol. The first-order chi connectivity index (χ1) is 13.7. The number of fused-ring (bicyclic) bond motifs is 1. The summed E-state index contributed by atoms with van der Waals surface area (Å²) < 4.78 is 25.1. The van der Waals surface area contributed by atoms with Gasteiger partial charge in [0.05, 0.1) is 10.5 Å². The number of benzene rings is 2. The third-order valence-corrected chi connectivity index (χ3v) is 7.05. The van der Waals surface area contributed by atoms with E-state index in [-0.39, 0.29) is 21.8 Å². The number of nitrogens with one attached hydrogen (secondary N) is 1. The molecule has 0 aliphatic heterocycles. The highest BCUT2D eigenvalue weighted by Gasteiger charge is 2.28. The van der Waals surface area contributed by atoms with Crippen LogP contribution in [0.5, 0.6) is 0 Å². The number of primary sulfonamides is 1. The summed E-state index contributed by atoms with van der Waals surface area (Å²) in [4.78, 5) is 14.5. The van der Waals surface area contributed by atoms with Gasteiger partial charge in [-0.2, -0.15) is 0 Å². The molecule has 0 bridgehead atoms. The van der Waals surface area contributed by atoms with Crippen LogP contribution >= 0.6 is 11.6 Å². The number of alkyl halides is 1. The highest BCUT2D eigenvalue weighted by Crippen LogP contribution is 2.41. The summed E-state index contributed by atoms with van der Waals surface area (Å²) in [5.74, 6) is -0.938. The summed E-state index contributed by atoms with van der Waals surface area (Å²) in [5, 5.41) is 15.8. The lowest BCUT2D eigenvalue weighted by Gasteiger charge is -2.27. The SMILES string of the molecule is NS(=O)(=O)c1c(-c2cc3ccc(C(=O)O)cc3[nH]2)cccc1C1CCC(Cl)CC1.